The Morgan fingerprint density at radius 2 is 2.21 bits per heavy atom. The van der Waals surface area contributed by atoms with Crippen molar-refractivity contribution in [2.24, 2.45) is 5.14 Å². The highest BCUT2D eigenvalue weighted by Crippen LogP contribution is 2.35. The van der Waals surface area contributed by atoms with E-state index in [2.05, 4.69) is 5.32 Å². The molecule has 0 radical (unpaired) electrons. The Hall–Kier alpha value is -0.960. The van der Waals surface area contributed by atoms with Crippen LogP contribution in [0.3, 0.4) is 0 Å². The Bertz CT molecular complexity index is 594. The second kappa shape index (κ2) is 5.20. The largest absolute Gasteiger partial charge is 0.336 e. The molecule has 2 rings (SSSR count). The zero-order chi connectivity index (χ0) is 14.2. The third-order valence-corrected chi connectivity index (χ3v) is 5.67. The summed E-state index contributed by atoms with van der Waals surface area (Å²) in [6.07, 6.45) is 0. The maximum atomic E-state index is 12.2. The SMILES string of the molecule is CCNC1CN(CC)C(=O)c2sc(S(N)(=O)=O)cc21. The van der Waals surface area contributed by atoms with Crippen molar-refractivity contribution >= 4 is 27.3 Å². The lowest BCUT2D eigenvalue weighted by Crippen LogP contribution is -2.43. The van der Waals surface area contributed by atoms with E-state index in [1.54, 1.807) is 4.90 Å². The van der Waals surface area contributed by atoms with Gasteiger partial charge in [-0.2, -0.15) is 0 Å². The molecule has 0 saturated carbocycles. The smallest absolute Gasteiger partial charge is 0.264 e. The second-order valence-corrected chi connectivity index (χ2v) is 7.19. The molecule has 1 amide bonds. The summed E-state index contributed by atoms with van der Waals surface area (Å²) >= 11 is 0.955. The lowest BCUT2D eigenvalue weighted by Gasteiger charge is -2.32. The van der Waals surface area contributed by atoms with Crippen molar-refractivity contribution in [3.8, 4) is 0 Å². The number of carbonyl (C=O) groups is 1. The van der Waals surface area contributed by atoms with Crippen molar-refractivity contribution < 1.29 is 13.2 Å². The highest BCUT2D eigenvalue weighted by Gasteiger charge is 2.33. The maximum absolute atomic E-state index is 12.2. The zero-order valence-electron chi connectivity index (χ0n) is 10.8. The number of nitrogens with two attached hydrogens (primary N) is 1. The molecule has 0 spiro atoms. The quantitative estimate of drug-likeness (QED) is 0.848. The molecule has 0 bridgehead atoms. The van der Waals surface area contributed by atoms with Gasteiger partial charge in [0.1, 0.15) is 4.21 Å². The second-order valence-electron chi connectivity index (χ2n) is 4.35. The summed E-state index contributed by atoms with van der Waals surface area (Å²) in [6.45, 7) is 5.77. The molecule has 0 aromatic carbocycles. The average molecular weight is 303 g/mol. The first-order chi connectivity index (χ1) is 8.88. The molecule has 8 heteroatoms. The minimum absolute atomic E-state index is 0.0376. The van der Waals surface area contributed by atoms with Crippen LogP contribution < -0.4 is 10.5 Å². The predicted octanol–water partition coefficient (Wildman–Crippen LogP) is 0.522. The van der Waals surface area contributed by atoms with Crippen LogP contribution in [-0.4, -0.2) is 38.9 Å². The molecule has 0 saturated heterocycles. The van der Waals surface area contributed by atoms with Crippen LogP contribution in [-0.2, 0) is 10.0 Å². The highest BCUT2D eigenvalue weighted by atomic mass is 32.2. The first kappa shape index (κ1) is 14.4. The summed E-state index contributed by atoms with van der Waals surface area (Å²) in [7, 11) is -3.76. The first-order valence-corrected chi connectivity index (χ1v) is 8.44. The van der Waals surface area contributed by atoms with Crippen molar-refractivity contribution in [2.45, 2.75) is 24.1 Å². The van der Waals surface area contributed by atoms with Gasteiger partial charge in [-0.1, -0.05) is 6.92 Å². The van der Waals surface area contributed by atoms with Crippen molar-refractivity contribution in [3.63, 3.8) is 0 Å². The number of sulfonamides is 1. The molecule has 0 aliphatic carbocycles. The van der Waals surface area contributed by atoms with Crippen LogP contribution in [0.25, 0.3) is 0 Å². The van der Waals surface area contributed by atoms with Gasteiger partial charge in [-0.05, 0) is 25.1 Å². The minimum Gasteiger partial charge on any atom is -0.336 e. The lowest BCUT2D eigenvalue weighted by atomic mass is 10.0. The number of rotatable bonds is 4. The number of hydrogen-bond acceptors (Lipinski definition) is 5. The molecule has 6 nitrogen and oxygen atoms in total. The van der Waals surface area contributed by atoms with Gasteiger partial charge in [-0.15, -0.1) is 11.3 Å². The summed E-state index contributed by atoms with van der Waals surface area (Å²) in [5.41, 5.74) is 0.741. The number of primary sulfonamides is 1. The summed E-state index contributed by atoms with van der Waals surface area (Å²) in [6, 6.07) is 1.48. The van der Waals surface area contributed by atoms with Gasteiger partial charge in [0.05, 0.1) is 10.9 Å². The molecule has 19 heavy (non-hydrogen) atoms. The average Bonchev–Trinajstić information content (AvgIpc) is 2.78. The van der Waals surface area contributed by atoms with E-state index < -0.39 is 10.0 Å². The van der Waals surface area contributed by atoms with Gasteiger partial charge in [0.15, 0.2) is 0 Å². The molecule has 106 valence electrons. The van der Waals surface area contributed by atoms with Crippen LogP contribution in [0.2, 0.25) is 0 Å². The number of carbonyl (C=O) groups excluding carboxylic acids is 1. The number of fused-ring (bicyclic) bond motifs is 1. The van der Waals surface area contributed by atoms with Gasteiger partial charge in [-0.25, -0.2) is 13.6 Å². The molecule has 1 aliphatic rings. The molecule has 1 unspecified atom stereocenters. The van der Waals surface area contributed by atoms with Crippen molar-refractivity contribution in [1.82, 2.24) is 10.2 Å². The highest BCUT2D eigenvalue weighted by molar-refractivity contribution is 7.91. The van der Waals surface area contributed by atoms with E-state index >= 15 is 0 Å². The summed E-state index contributed by atoms with van der Waals surface area (Å²) in [5.74, 6) is -0.119. The molecular formula is C11H17N3O3S2. The number of nitrogens with one attached hydrogen (secondary N) is 1. The number of thiophene rings is 1. The predicted molar refractivity (Wildman–Crippen MR) is 73.7 cm³/mol. The van der Waals surface area contributed by atoms with Gasteiger partial charge in [0, 0.05) is 13.1 Å². The van der Waals surface area contributed by atoms with Crippen LogP contribution in [0.5, 0.6) is 0 Å². The van der Waals surface area contributed by atoms with Gasteiger partial charge in [0.25, 0.3) is 5.91 Å². The van der Waals surface area contributed by atoms with Crippen LogP contribution in [0.15, 0.2) is 10.3 Å². The van der Waals surface area contributed by atoms with E-state index in [-0.39, 0.29) is 16.2 Å². The van der Waals surface area contributed by atoms with Crippen LogP contribution in [0.4, 0.5) is 0 Å². The number of likely N-dealkylation sites (N-methyl/N-ethyl adjacent to an activating group) is 2. The van der Waals surface area contributed by atoms with E-state index in [4.69, 9.17) is 5.14 Å². The molecule has 1 aliphatic heterocycles. The minimum atomic E-state index is -3.76. The molecule has 1 aromatic rings. The van der Waals surface area contributed by atoms with Gasteiger partial charge < -0.3 is 10.2 Å². The van der Waals surface area contributed by atoms with E-state index in [0.29, 0.717) is 18.0 Å². The summed E-state index contributed by atoms with van der Waals surface area (Å²) in [5, 5.41) is 8.41. The summed E-state index contributed by atoms with van der Waals surface area (Å²) < 4.78 is 22.9. The van der Waals surface area contributed by atoms with Crippen molar-refractivity contribution in [3.05, 3.63) is 16.5 Å². The Morgan fingerprint density at radius 3 is 2.74 bits per heavy atom. The van der Waals surface area contributed by atoms with Crippen molar-refractivity contribution in [2.75, 3.05) is 19.6 Å². The Kier molecular flexibility index (Phi) is 3.95. The van der Waals surface area contributed by atoms with Gasteiger partial charge >= 0.3 is 0 Å². The van der Waals surface area contributed by atoms with E-state index in [1.807, 2.05) is 13.8 Å². The zero-order valence-corrected chi connectivity index (χ0v) is 12.5. The molecule has 2 heterocycles. The molecule has 0 fully saturated rings. The van der Waals surface area contributed by atoms with Crippen LogP contribution in [0, 0.1) is 0 Å². The molecule has 1 atom stereocenters. The normalized spacial score (nSPS) is 19.6. The van der Waals surface area contributed by atoms with E-state index in [0.717, 1.165) is 23.4 Å². The number of nitrogens with zero attached hydrogens (tertiary/aromatic N) is 1. The van der Waals surface area contributed by atoms with E-state index in [9.17, 15) is 13.2 Å². The fourth-order valence-electron chi connectivity index (χ4n) is 2.19. The third kappa shape index (κ3) is 2.66. The Morgan fingerprint density at radius 1 is 1.53 bits per heavy atom. The van der Waals surface area contributed by atoms with Gasteiger partial charge in [0.2, 0.25) is 10.0 Å². The first-order valence-electron chi connectivity index (χ1n) is 6.07. The van der Waals surface area contributed by atoms with Crippen LogP contribution in [0.1, 0.15) is 35.1 Å². The Balaban J connectivity index is 2.51. The monoisotopic (exact) mass is 303 g/mol. The third-order valence-electron chi connectivity index (χ3n) is 3.11. The summed E-state index contributed by atoms with van der Waals surface area (Å²) in [4.78, 5) is 14.4. The topological polar surface area (TPSA) is 92.5 Å². The van der Waals surface area contributed by atoms with E-state index in [1.165, 1.54) is 6.07 Å². The maximum Gasteiger partial charge on any atom is 0.264 e. The fourth-order valence-corrected chi connectivity index (χ4v) is 4.11. The van der Waals surface area contributed by atoms with Gasteiger partial charge in [-0.3, -0.25) is 4.79 Å². The number of hydrogen-bond donors (Lipinski definition) is 2. The van der Waals surface area contributed by atoms with Crippen molar-refractivity contribution in [1.29, 1.82) is 0 Å². The van der Waals surface area contributed by atoms with Crippen LogP contribution >= 0.6 is 11.3 Å². The lowest BCUT2D eigenvalue weighted by molar-refractivity contribution is 0.0728. The molecule has 1 aromatic heterocycles. The fraction of sp³-hybridized carbons (Fsp3) is 0.545. The molecule has 3 N–H and O–H groups in total. The standard InChI is InChI=1S/C11H17N3O3S2/c1-3-13-8-6-14(4-2)11(15)10-7(8)5-9(18-10)19(12,16)17/h5,8,13H,3-4,6H2,1-2H3,(H2,12,16,17). The number of amides is 1. The molecular weight excluding hydrogens is 286 g/mol. The Labute approximate surface area is 116 Å².